The maximum absolute atomic E-state index is 5.53. The van der Waals surface area contributed by atoms with Crippen LogP contribution in [0.15, 0.2) is 30.3 Å². The van der Waals surface area contributed by atoms with Gasteiger partial charge in [0, 0.05) is 26.3 Å². The lowest BCUT2D eigenvalue weighted by atomic mass is 9.93. The predicted octanol–water partition coefficient (Wildman–Crippen LogP) is 3.36. The average Bonchev–Trinajstić information content (AvgIpc) is 3.34. The predicted molar refractivity (Wildman–Crippen MR) is 86.8 cm³/mol. The van der Waals surface area contributed by atoms with Gasteiger partial charge in [0.25, 0.3) is 0 Å². The van der Waals surface area contributed by atoms with Crippen LogP contribution < -0.4 is 5.32 Å². The molecule has 0 aromatic heterocycles. The Balaban J connectivity index is 1.66. The molecule has 1 atom stereocenters. The summed E-state index contributed by atoms with van der Waals surface area (Å²) >= 11 is 0. The third-order valence-corrected chi connectivity index (χ3v) is 4.02. The van der Waals surface area contributed by atoms with E-state index in [2.05, 4.69) is 35.6 Å². The van der Waals surface area contributed by atoms with E-state index in [9.17, 15) is 0 Å². The van der Waals surface area contributed by atoms with Gasteiger partial charge >= 0.3 is 0 Å². The molecule has 1 aliphatic rings. The van der Waals surface area contributed by atoms with E-state index >= 15 is 0 Å². The van der Waals surface area contributed by atoms with E-state index in [1.807, 2.05) is 0 Å². The molecule has 1 saturated carbocycles. The Bertz CT molecular complexity index is 365. The van der Waals surface area contributed by atoms with E-state index in [4.69, 9.17) is 9.47 Å². The van der Waals surface area contributed by atoms with Crippen LogP contribution >= 0.6 is 0 Å². The van der Waals surface area contributed by atoms with Crippen molar-refractivity contribution in [2.75, 3.05) is 33.5 Å². The minimum absolute atomic E-state index is 0.630. The summed E-state index contributed by atoms with van der Waals surface area (Å²) in [5.74, 6) is 0.630. The molecule has 21 heavy (non-hydrogen) atoms. The lowest BCUT2D eigenvalue weighted by Gasteiger charge is -2.18. The summed E-state index contributed by atoms with van der Waals surface area (Å²) in [6.45, 7) is 3.36. The van der Waals surface area contributed by atoms with Crippen LogP contribution in [-0.2, 0) is 9.47 Å². The second-order valence-electron chi connectivity index (χ2n) is 5.89. The Morgan fingerprint density at radius 2 is 1.90 bits per heavy atom. The summed E-state index contributed by atoms with van der Waals surface area (Å²) in [4.78, 5) is 0. The first-order chi connectivity index (χ1) is 10.4. The lowest BCUT2D eigenvalue weighted by Crippen LogP contribution is -2.23. The molecule has 1 aliphatic carbocycles. The number of nitrogens with one attached hydrogen (secondary N) is 1. The Kier molecular flexibility index (Phi) is 7.79. The first-order valence-corrected chi connectivity index (χ1v) is 8.25. The summed E-state index contributed by atoms with van der Waals surface area (Å²) in [6, 6.07) is 11.7. The van der Waals surface area contributed by atoms with Crippen LogP contribution in [-0.4, -0.2) is 39.5 Å². The number of hydrogen-bond donors (Lipinski definition) is 1. The standard InChI is InChI=1S/C18H29NO2/c1-20-13-14-21-12-6-5-9-17(15-19-18-10-11-18)16-7-3-2-4-8-16/h2-4,7-8,17-19H,5-6,9-15H2,1H3. The van der Waals surface area contributed by atoms with Crippen molar-refractivity contribution in [3.05, 3.63) is 35.9 Å². The molecule has 0 spiro atoms. The van der Waals surface area contributed by atoms with Crippen LogP contribution in [0.2, 0.25) is 0 Å². The Labute approximate surface area is 129 Å². The highest BCUT2D eigenvalue weighted by molar-refractivity contribution is 5.20. The van der Waals surface area contributed by atoms with Gasteiger partial charge in [0.05, 0.1) is 13.2 Å². The maximum atomic E-state index is 5.53. The Hall–Kier alpha value is -0.900. The van der Waals surface area contributed by atoms with E-state index in [0.29, 0.717) is 19.1 Å². The first-order valence-electron chi connectivity index (χ1n) is 8.25. The molecule has 3 heteroatoms. The van der Waals surface area contributed by atoms with Crippen LogP contribution in [0.25, 0.3) is 0 Å². The normalized spacial score (nSPS) is 16.0. The molecule has 0 saturated heterocycles. The van der Waals surface area contributed by atoms with Crippen molar-refractivity contribution in [2.45, 2.75) is 44.1 Å². The van der Waals surface area contributed by atoms with Crippen molar-refractivity contribution in [3.63, 3.8) is 0 Å². The van der Waals surface area contributed by atoms with Gasteiger partial charge in [-0.25, -0.2) is 0 Å². The first kappa shape index (κ1) is 16.5. The number of rotatable bonds is 12. The second-order valence-corrected chi connectivity index (χ2v) is 5.89. The van der Waals surface area contributed by atoms with Gasteiger partial charge in [0.1, 0.15) is 0 Å². The highest BCUT2D eigenvalue weighted by Crippen LogP contribution is 2.24. The minimum Gasteiger partial charge on any atom is -0.382 e. The highest BCUT2D eigenvalue weighted by Gasteiger charge is 2.22. The largest absolute Gasteiger partial charge is 0.382 e. The van der Waals surface area contributed by atoms with Crippen LogP contribution in [0, 0.1) is 0 Å². The quantitative estimate of drug-likeness (QED) is 0.599. The lowest BCUT2D eigenvalue weighted by molar-refractivity contribution is 0.0684. The molecule has 1 aromatic rings. The Morgan fingerprint density at radius 1 is 1.10 bits per heavy atom. The smallest absolute Gasteiger partial charge is 0.0700 e. The van der Waals surface area contributed by atoms with Gasteiger partial charge in [-0.05, 0) is 37.2 Å². The fraction of sp³-hybridized carbons (Fsp3) is 0.667. The van der Waals surface area contributed by atoms with Crippen molar-refractivity contribution < 1.29 is 9.47 Å². The van der Waals surface area contributed by atoms with E-state index in [1.54, 1.807) is 7.11 Å². The molecule has 1 unspecified atom stereocenters. The van der Waals surface area contributed by atoms with Crippen molar-refractivity contribution in [1.82, 2.24) is 5.32 Å². The van der Waals surface area contributed by atoms with Crippen molar-refractivity contribution in [2.24, 2.45) is 0 Å². The summed E-state index contributed by atoms with van der Waals surface area (Å²) in [5.41, 5.74) is 1.46. The SMILES string of the molecule is COCCOCCCCC(CNC1CC1)c1ccccc1. The van der Waals surface area contributed by atoms with Gasteiger partial charge in [-0.2, -0.15) is 0 Å². The Morgan fingerprint density at radius 3 is 2.62 bits per heavy atom. The number of hydrogen-bond acceptors (Lipinski definition) is 3. The number of ether oxygens (including phenoxy) is 2. The number of benzene rings is 1. The van der Waals surface area contributed by atoms with Crippen LogP contribution in [0.1, 0.15) is 43.6 Å². The van der Waals surface area contributed by atoms with Gasteiger partial charge < -0.3 is 14.8 Å². The molecule has 3 nitrogen and oxygen atoms in total. The second kappa shape index (κ2) is 9.93. The molecule has 1 aromatic carbocycles. The zero-order valence-corrected chi connectivity index (χ0v) is 13.2. The van der Waals surface area contributed by atoms with Gasteiger partial charge in [-0.15, -0.1) is 0 Å². The molecular weight excluding hydrogens is 262 g/mol. The molecule has 2 rings (SSSR count). The number of methoxy groups -OCH3 is 1. The van der Waals surface area contributed by atoms with Gasteiger partial charge in [0.15, 0.2) is 0 Å². The molecular formula is C18H29NO2. The zero-order valence-electron chi connectivity index (χ0n) is 13.2. The highest BCUT2D eigenvalue weighted by atomic mass is 16.5. The van der Waals surface area contributed by atoms with Crippen LogP contribution in [0.3, 0.4) is 0 Å². The monoisotopic (exact) mass is 291 g/mol. The molecule has 0 bridgehead atoms. The molecule has 1 fully saturated rings. The topological polar surface area (TPSA) is 30.5 Å². The van der Waals surface area contributed by atoms with E-state index in [1.165, 1.54) is 31.2 Å². The van der Waals surface area contributed by atoms with Crippen LogP contribution in [0.4, 0.5) is 0 Å². The summed E-state index contributed by atoms with van der Waals surface area (Å²) < 4.78 is 10.5. The van der Waals surface area contributed by atoms with Crippen molar-refractivity contribution >= 4 is 0 Å². The summed E-state index contributed by atoms with van der Waals surface area (Å²) in [7, 11) is 1.71. The molecule has 1 N–H and O–H groups in total. The molecule has 0 radical (unpaired) electrons. The van der Waals surface area contributed by atoms with Crippen molar-refractivity contribution in [3.8, 4) is 0 Å². The van der Waals surface area contributed by atoms with E-state index in [-0.39, 0.29) is 0 Å². The summed E-state index contributed by atoms with van der Waals surface area (Å²) in [5, 5.41) is 3.68. The molecule has 0 aliphatic heterocycles. The van der Waals surface area contributed by atoms with E-state index < -0.39 is 0 Å². The summed E-state index contributed by atoms with van der Waals surface area (Å²) in [6.07, 6.45) is 6.30. The van der Waals surface area contributed by atoms with Gasteiger partial charge in [-0.3, -0.25) is 0 Å². The maximum Gasteiger partial charge on any atom is 0.0700 e. The molecule has 118 valence electrons. The molecule has 0 heterocycles. The third kappa shape index (κ3) is 7.07. The molecule has 0 amide bonds. The average molecular weight is 291 g/mol. The van der Waals surface area contributed by atoms with Gasteiger partial charge in [-0.1, -0.05) is 36.8 Å². The zero-order chi connectivity index (χ0) is 14.8. The fourth-order valence-electron chi connectivity index (χ4n) is 2.55. The fourth-order valence-corrected chi connectivity index (χ4v) is 2.55. The van der Waals surface area contributed by atoms with Crippen molar-refractivity contribution in [1.29, 1.82) is 0 Å². The number of unbranched alkanes of at least 4 members (excludes halogenated alkanes) is 1. The van der Waals surface area contributed by atoms with Gasteiger partial charge in [0.2, 0.25) is 0 Å². The van der Waals surface area contributed by atoms with Crippen LogP contribution in [0.5, 0.6) is 0 Å². The minimum atomic E-state index is 0.630. The van der Waals surface area contributed by atoms with E-state index in [0.717, 1.165) is 25.6 Å². The third-order valence-electron chi connectivity index (χ3n) is 4.02.